The lowest BCUT2D eigenvalue weighted by Crippen LogP contribution is -2.25. The van der Waals surface area contributed by atoms with E-state index in [-0.39, 0.29) is 11.9 Å². The highest BCUT2D eigenvalue weighted by Gasteiger charge is 2.26. The van der Waals surface area contributed by atoms with E-state index in [1.165, 1.54) is 19.0 Å². The van der Waals surface area contributed by atoms with Crippen molar-refractivity contribution >= 4 is 28.6 Å². The van der Waals surface area contributed by atoms with Gasteiger partial charge in [0, 0.05) is 30.9 Å². The molecule has 0 bridgehead atoms. The maximum Gasteiger partial charge on any atom is 0.227 e. The predicted molar refractivity (Wildman–Crippen MR) is 109 cm³/mol. The lowest BCUT2D eigenvalue weighted by Gasteiger charge is -2.24. The minimum absolute atomic E-state index is 0.0944. The molecule has 1 saturated carbocycles. The van der Waals surface area contributed by atoms with E-state index in [4.69, 9.17) is 0 Å². The molecule has 5 rings (SSSR count). The number of hydrogen-bond donors (Lipinski definition) is 3. The summed E-state index contributed by atoms with van der Waals surface area (Å²) in [5.74, 6) is 1.05. The number of anilines is 3. The Kier molecular flexibility index (Phi) is 4.15. The maximum absolute atomic E-state index is 14.3. The van der Waals surface area contributed by atoms with E-state index in [9.17, 15) is 4.39 Å². The van der Waals surface area contributed by atoms with Crippen LogP contribution in [0.5, 0.6) is 0 Å². The molecular weight excluding hydrogens is 371 g/mol. The van der Waals surface area contributed by atoms with Gasteiger partial charge in [0.05, 0.1) is 29.0 Å². The van der Waals surface area contributed by atoms with Gasteiger partial charge in [-0.1, -0.05) is 0 Å². The molecule has 0 aliphatic heterocycles. The fourth-order valence-electron chi connectivity index (χ4n) is 3.30. The Balaban J connectivity index is 1.38. The lowest BCUT2D eigenvalue weighted by molar-refractivity contribution is 0.613. The third-order valence-corrected chi connectivity index (χ3v) is 5.34. The SMILES string of the molecule is C[C@H](c1ccc2[nH]ccc2n1)N(C)c1ncc(F)c(Nc2cc(C3CC3)[nH]n2)n1. The van der Waals surface area contributed by atoms with Crippen LogP contribution in [0, 0.1) is 5.82 Å². The first-order valence-corrected chi connectivity index (χ1v) is 9.60. The van der Waals surface area contributed by atoms with Gasteiger partial charge < -0.3 is 15.2 Å². The van der Waals surface area contributed by atoms with Gasteiger partial charge in [-0.25, -0.2) is 14.4 Å². The van der Waals surface area contributed by atoms with Crippen LogP contribution in [0.25, 0.3) is 11.0 Å². The highest BCUT2D eigenvalue weighted by atomic mass is 19.1. The van der Waals surface area contributed by atoms with Crippen LogP contribution in [-0.2, 0) is 0 Å². The van der Waals surface area contributed by atoms with Gasteiger partial charge in [-0.2, -0.15) is 10.1 Å². The van der Waals surface area contributed by atoms with E-state index in [2.05, 4.69) is 35.5 Å². The molecule has 29 heavy (non-hydrogen) atoms. The lowest BCUT2D eigenvalue weighted by atomic mass is 10.2. The Bertz CT molecular complexity index is 1160. The van der Waals surface area contributed by atoms with Crippen LogP contribution in [-0.4, -0.2) is 37.2 Å². The molecule has 0 aromatic carbocycles. The Morgan fingerprint density at radius 2 is 2.10 bits per heavy atom. The van der Waals surface area contributed by atoms with E-state index in [1.54, 1.807) is 0 Å². The van der Waals surface area contributed by atoms with Gasteiger partial charge in [-0.15, -0.1) is 0 Å². The number of rotatable bonds is 6. The van der Waals surface area contributed by atoms with Crippen LogP contribution >= 0.6 is 0 Å². The summed E-state index contributed by atoms with van der Waals surface area (Å²) in [5, 5.41) is 10.2. The minimum Gasteiger partial charge on any atom is -0.360 e. The summed E-state index contributed by atoms with van der Waals surface area (Å²) in [7, 11) is 1.87. The highest BCUT2D eigenvalue weighted by molar-refractivity contribution is 5.74. The zero-order valence-electron chi connectivity index (χ0n) is 16.1. The van der Waals surface area contributed by atoms with Gasteiger partial charge in [0.15, 0.2) is 17.5 Å². The Labute approximate surface area is 166 Å². The molecule has 148 valence electrons. The van der Waals surface area contributed by atoms with Crippen LogP contribution in [0.2, 0.25) is 0 Å². The third kappa shape index (κ3) is 3.39. The van der Waals surface area contributed by atoms with Gasteiger partial charge in [-0.3, -0.25) is 5.10 Å². The number of halogens is 1. The van der Waals surface area contributed by atoms with E-state index in [1.807, 2.05) is 49.3 Å². The average Bonchev–Trinajstić information content (AvgIpc) is 3.29. The van der Waals surface area contributed by atoms with Crippen LogP contribution in [0.4, 0.5) is 22.0 Å². The molecule has 0 radical (unpaired) electrons. The molecule has 4 aromatic rings. The number of pyridine rings is 1. The zero-order valence-corrected chi connectivity index (χ0v) is 16.1. The molecule has 1 aliphatic carbocycles. The largest absolute Gasteiger partial charge is 0.360 e. The van der Waals surface area contributed by atoms with E-state index in [0.29, 0.717) is 17.7 Å². The average molecular weight is 392 g/mol. The molecule has 4 aromatic heterocycles. The minimum atomic E-state index is -0.530. The van der Waals surface area contributed by atoms with Gasteiger partial charge in [0.25, 0.3) is 0 Å². The van der Waals surface area contributed by atoms with Crippen molar-refractivity contribution in [3.8, 4) is 0 Å². The standard InChI is InChI=1S/C20H21FN8/c1-11(14-5-6-15-16(24-14)7-8-22-15)29(2)20-23-10-13(21)19(26-20)25-18-9-17(27-28-18)12-3-4-12/h5-12,22H,3-4H2,1-2H3,(H2,23,25,26,27,28)/t11-/m1/s1. The van der Waals surface area contributed by atoms with Crippen molar-refractivity contribution in [2.45, 2.75) is 31.7 Å². The van der Waals surface area contributed by atoms with E-state index >= 15 is 0 Å². The van der Waals surface area contributed by atoms with Crippen molar-refractivity contribution < 1.29 is 4.39 Å². The second kappa shape index (κ2) is 6.84. The van der Waals surface area contributed by atoms with Crippen LogP contribution in [0.3, 0.4) is 0 Å². The first-order chi connectivity index (χ1) is 14.1. The Hall–Kier alpha value is -3.49. The van der Waals surface area contributed by atoms with Crippen molar-refractivity contribution in [2.75, 3.05) is 17.3 Å². The Morgan fingerprint density at radius 1 is 1.24 bits per heavy atom. The molecule has 4 heterocycles. The molecule has 9 heteroatoms. The number of nitrogens with zero attached hydrogens (tertiary/aromatic N) is 5. The van der Waals surface area contributed by atoms with Gasteiger partial charge >= 0.3 is 0 Å². The molecule has 8 nitrogen and oxygen atoms in total. The smallest absolute Gasteiger partial charge is 0.227 e. The van der Waals surface area contributed by atoms with Gasteiger partial charge in [-0.05, 0) is 38.0 Å². The van der Waals surface area contributed by atoms with Crippen molar-refractivity contribution in [3.63, 3.8) is 0 Å². The zero-order chi connectivity index (χ0) is 20.0. The molecule has 0 saturated heterocycles. The topological polar surface area (TPSA) is 98.4 Å². The first kappa shape index (κ1) is 17.6. The van der Waals surface area contributed by atoms with Gasteiger partial charge in [0.2, 0.25) is 5.95 Å². The summed E-state index contributed by atoms with van der Waals surface area (Å²) in [6.07, 6.45) is 5.36. The fraction of sp³-hybridized carbons (Fsp3) is 0.300. The third-order valence-electron chi connectivity index (χ3n) is 5.34. The number of nitrogens with one attached hydrogen (secondary N) is 3. The highest BCUT2D eigenvalue weighted by Crippen LogP contribution is 2.39. The maximum atomic E-state index is 14.3. The molecular formula is C20H21FN8. The fourth-order valence-corrected chi connectivity index (χ4v) is 3.30. The van der Waals surface area contributed by atoms with E-state index < -0.39 is 5.82 Å². The van der Waals surface area contributed by atoms with Crippen molar-refractivity contribution in [1.29, 1.82) is 0 Å². The normalized spacial score (nSPS) is 14.9. The van der Waals surface area contributed by atoms with Crippen LogP contribution in [0.1, 0.15) is 43.1 Å². The Morgan fingerprint density at radius 3 is 2.93 bits per heavy atom. The molecule has 0 spiro atoms. The van der Waals surface area contributed by atoms with Crippen molar-refractivity contribution in [2.24, 2.45) is 0 Å². The molecule has 1 aliphatic rings. The molecule has 1 fully saturated rings. The summed E-state index contributed by atoms with van der Waals surface area (Å²) < 4.78 is 14.3. The van der Waals surface area contributed by atoms with Crippen molar-refractivity contribution in [3.05, 3.63) is 53.9 Å². The molecule has 3 N–H and O–H groups in total. The second-order valence-electron chi connectivity index (χ2n) is 7.41. The molecule has 0 unspecified atom stereocenters. The molecule has 0 amide bonds. The summed E-state index contributed by atoms with van der Waals surface area (Å²) >= 11 is 0. The van der Waals surface area contributed by atoms with Crippen molar-refractivity contribution in [1.82, 2.24) is 30.1 Å². The van der Waals surface area contributed by atoms with Crippen LogP contribution < -0.4 is 10.2 Å². The number of hydrogen-bond acceptors (Lipinski definition) is 6. The van der Waals surface area contributed by atoms with E-state index in [0.717, 1.165) is 22.4 Å². The molecule has 1 atom stereocenters. The monoisotopic (exact) mass is 392 g/mol. The summed E-state index contributed by atoms with van der Waals surface area (Å²) in [5.41, 5.74) is 3.83. The van der Waals surface area contributed by atoms with Gasteiger partial charge in [0.1, 0.15) is 0 Å². The summed E-state index contributed by atoms with van der Waals surface area (Å²) in [6, 6.07) is 7.70. The number of fused-ring (bicyclic) bond motifs is 1. The number of H-pyrrole nitrogens is 2. The number of aromatic nitrogens is 6. The summed E-state index contributed by atoms with van der Waals surface area (Å²) in [6.45, 7) is 2.01. The number of aromatic amines is 2. The van der Waals surface area contributed by atoms with Crippen LogP contribution in [0.15, 0.2) is 36.7 Å². The first-order valence-electron chi connectivity index (χ1n) is 9.60. The predicted octanol–water partition coefficient (Wildman–Crippen LogP) is 4.03. The summed E-state index contributed by atoms with van der Waals surface area (Å²) in [4.78, 5) is 18.2. The quantitative estimate of drug-likeness (QED) is 0.458. The second-order valence-corrected chi connectivity index (χ2v) is 7.41.